The molecule has 0 atom stereocenters. The Kier molecular flexibility index (Phi) is 4.04. The van der Waals surface area contributed by atoms with Crippen molar-refractivity contribution in [1.29, 1.82) is 0 Å². The molecule has 0 saturated carbocycles. The predicted octanol–water partition coefficient (Wildman–Crippen LogP) is 1.69. The quantitative estimate of drug-likeness (QED) is 0.546. The second-order valence-corrected chi connectivity index (χ2v) is 1.73. The lowest BCUT2D eigenvalue weighted by Crippen LogP contribution is -2.08. The Bertz CT molecular complexity index is 92.6. The first-order valence-electron chi connectivity index (χ1n) is 2.78. The summed E-state index contributed by atoms with van der Waals surface area (Å²) in [5.74, 6) is 0. The van der Waals surface area contributed by atoms with E-state index in [2.05, 4.69) is 18.0 Å². The molecule has 1 N–H and O–H groups in total. The van der Waals surface area contributed by atoms with Gasteiger partial charge in [-0.15, -0.1) is 0 Å². The average molecular weight is 111 g/mol. The van der Waals surface area contributed by atoms with Gasteiger partial charge in [0.25, 0.3) is 0 Å². The normalized spacial score (nSPS) is 9.75. The van der Waals surface area contributed by atoms with Gasteiger partial charge in [-0.05, 0) is 13.8 Å². The maximum absolute atomic E-state index is 3.68. The highest BCUT2D eigenvalue weighted by Crippen LogP contribution is 1.76. The van der Waals surface area contributed by atoms with E-state index in [-0.39, 0.29) is 0 Å². The van der Waals surface area contributed by atoms with Crippen molar-refractivity contribution in [2.45, 2.75) is 13.8 Å². The van der Waals surface area contributed by atoms with Crippen molar-refractivity contribution < 1.29 is 0 Å². The summed E-state index contributed by atoms with van der Waals surface area (Å²) in [6.45, 7) is 8.52. The highest BCUT2D eigenvalue weighted by atomic mass is 14.8. The Labute approximate surface area is 51.1 Å². The van der Waals surface area contributed by atoms with Crippen molar-refractivity contribution in [3.8, 4) is 0 Å². The van der Waals surface area contributed by atoms with Crippen molar-refractivity contribution in [1.82, 2.24) is 5.32 Å². The maximum atomic E-state index is 3.68. The van der Waals surface area contributed by atoms with Crippen molar-refractivity contribution >= 4 is 0 Å². The Morgan fingerprint density at radius 3 is 2.75 bits per heavy atom. The van der Waals surface area contributed by atoms with Crippen LogP contribution in [0.3, 0.4) is 0 Å². The van der Waals surface area contributed by atoms with Gasteiger partial charge in [-0.25, -0.2) is 0 Å². The summed E-state index contributed by atoms with van der Waals surface area (Å²) >= 11 is 0. The fourth-order valence-electron chi connectivity index (χ4n) is 0.351. The van der Waals surface area contributed by atoms with Crippen molar-refractivity contribution in [3.63, 3.8) is 0 Å². The highest BCUT2D eigenvalue weighted by Gasteiger charge is 1.74. The monoisotopic (exact) mass is 111 g/mol. The minimum absolute atomic E-state index is 0.895. The van der Waals surface area contributed by atoms with Gasteiger partial charge in [-0.2, -0.15) is 0 Å². The molecule has 0 bridgehead atoms. The van der Waals surface area contributed by atoms with Crippen molar-refractivity contribution in [2.75, 3.05) is 6.54 Å². The molecule has 0 aromatic heterocycles. The van der Waals surface area contributed by atoms with Gasteiger partial charge in [0.05, 0.1) is 0 Å². The molecule has 0 rings (SSSR count). The van der Waals surface area contributed by atoms with E-state index in [9.17, 15) is 0 Å². The van der Waals surface area contributed by atoms with Crippen molar-refractivity contribution in [2.24, 2.45) is 0 Å². The van der Waals surface area contributed by atoms with Crippen LogP contribution >= 0.6 is 0 Å². The van der Waals surface area contributed by atoms with E-state index in [0.717, 1.165) is 12.2 Å². The van der Waals surface area contributed by atoms with E-state index in [0.29, 0.717) is 0 Å². The lowest BCUT2D eigenvalue weighted by atomic mass is 10.5. The topological polar surface area (TPSA) is 12.0 Å². The zero-order valence-electron chi connectivity index (χ0n) is 5.57. The summed E-state index contributed by atoms with van der Waals surface area (Å²) < 4.78 is 0. The SMILES string of the molecule is C=C(C)NC/C=C\C. The minimum Gasteiger partial charge on any atom is -0.386 e. The van der Waals surface area contributed by atoms with E-state index in [1.165, 1.54) is 0 Å². The Hall–Kier alpha value is -0.720. The van der Waals surface area contributed by atoms with Crippen LogP contribution in [0.5, 0.6) is 0 Å². The molecule has 1 nitrogen and oxygen atoms in total. The average Bonchev–Trinajstić information content (AvgIpc) is 1.66. The summed E-state index contributed by atoms with van der Waals surface area (Å²) in [6.07, 6.45) is 4.06. The molecule has 0 aliphatic carbocycles. The van der Waals surface area contributed by atoms with Gasteiger partial charge < -0.3 is 5.32 Å². The fourth-order valence-corrected chi connectivity index (χ4v) is 0.351. The molecule has 0 fully saturated rings. The molecule has 1 heteroatoms. The first kappa shape index (κ1) is 7.28. The van der Waals surface area contributed by atoms with Crippen LogP contribution < -0.4 is 5.32 Å². The van der Waals surface area contributed by atoms with E-state index in [4.69, 9.17) is 0 Å². The summed E-state index contributed by atoms with van der Waals surface area (Å²) in [6, 6.07) is 0. The number of hydrogen-bond donors (Lipinski definition) is 1. The van der Waals surface area contributed by atoms with Crippen LogP contribution in [0.1, 0.15) is 13.8 Å². The second kappa shape index (κ2) is 4.44. The molecule has 0 aliphatic rings. The van der Waals surface area contributed by atoms with E-state index >= 15 is 0 Å². The van der Waals surface area contributed by atoms with Gasteiger partial charge in [0, 0.05) is 12.2 Å². The second-order valence-electron chi connectivity index (χ2n) is 1.73. The Morgan fingerprint density at radius 2 is 2.38 bits per heavy atom. The molecule has 0 aromatic carbocycles. The summed E-state index contributed by atoms with van der Waals surface area (Å²) in [7, 11) is 0. The van der Waals surface area contributed by atoms with Crippen LogP contribution in [0, 0.1) is 0 Å². The Balaban J connectivity index is 3.05. The first-order chi connectivity index (χ1) is 3.77. The van der Waals surface area contributed by atoms with E-state index in [1.54, 1.807) is 0 Å². The largest absolute Gasteiger partial charge is 0.386 e. The summed E-state index contributed by atoms with van der Waals surface area (Å²) in [5, 5.41) is 3.07. The van der Waals surface area contributed by atoms with E-state index in [1.807, 2.05) is 19.9 Å². The van der Waals surface area contributed by atoms with Gasteiger partial charge in [0.2, 0.25) is 0 Å². The molecule has 0 unspecified atom stereocenters. The third kappa shape index (κ3) is 5.28. The smallest absolute Gasteiger partial charge is 0.0327 e. The predicted molar refractivity (Wildman–Crippen MR) is 37.6 cm³/mol. The van der Waals surface area contributed by atoms with Crippen LogP contribution in [0.2, 0.25) is 0 Å². The molecule has 0 aromatic rings. The fraction of sp³-hybridized carbons (Fsp3) is 0.429. The molecule has 0 radical (unpaired) electrons. The number of allylic oxidation sites excluding steroid dienone is 2. The standard InChI is InChI=1S/C7H13N/c1-4-5-6-8-7(2)3/h4-5,8H,2,6H2,1,3H3/b5-4-. The molecular formula is C7H13N. The third-order valence-electron chi connectivity index (χ3n) is 0.757. The molecule has 0 aliphatic heterocycles. The van der Waals surface area contributed by atoms with Crippen LogP contribution in [0.4, 0.5) is 0 Å². The van der Waals surface area contributed by atoms with Crippen LogP contribution in [0.15, 0.2) is 24.4 Å². The van der Waals surface area contributed by atoms with E-state index < -0.39 is 0 Å². The minimum atomic E-state index is 0.895. The summed E-state index contributed by atoms with van der Waals surface area (Å²) in [5.41, 5.74) is 1.02. The third-order valence-corrected chi connectivity index (χ3v) is 0.757. The van der Waals surface area contributed by atoms with Gasteiger partial charge in [0.15, 0.2) is 0 Å². The lowest BCUT2D eigenvalue weighted by Gasteiger charge is -1.97. The molecule has 0 heterocycles. The number of hydrogen-bond acceptors (Lipinski definition) is 1. The van der Waals surface area contributed by atoms with Gasteiger partial charge in [-0.1, -0.05) is 18.7 Å². The Morgan fingerprint density at radius 1 is 1.75 bits per heavy atom. The maximum Gasteiger partial charge on any atom is 0.0327 e. The lowest BCUT2D eigenvalue weighted by molar-refractivity contribution is 0.909. The van der Waals surface area contributed by atoms with Crippen LogP contribution in [0.25, 0.3) is 0 Å². The molecule has 0 saturated heterocycles. The van der Waals surface area contributed by atoms with Crippen LogP contribution in [-0.2, 0) is 0 Å². The van der Waals surface area contributed by atoms with Gasteiger partial charge >= 0.3 is 0 Å². The zero-order chi connectivity index (χ0) is 6.41. The van der Waals surface area contributed by atoms with Gasteiger partial charge in [0.1, 0.15) is 0 Å². The first-order valence-corrected chi connectivity index (χ1v) is 2.78. The molecule has 0 amide bonds. The van der Waals surface area contributed by atoms with Crippen LogP contribution in [-0.4, -0.2) is 6.54 Å². The molecule has 0 spiro atoms. The molecular weight excluding hydrogens is 98.1 g/mol. The van der Waals surface area contributed by atoms with Gasteiger partial charge in [-0.3, -0.25) is 0 Å². The zero-order valence-corrected chi connectivity index (χ0v) is 5.57. The molecule has 46 valence electrons. The number of nitrogens with one attached hydrogen (secondary N) is 1. The number of rotatable bonds is 3. The molecule has 8 heavy (non-hydrogen) atoms. The van der Waals surface area contributed by atoms with Crippen molar-refractivity contribution in [3.05, 3.63) is 24.4 Å². The highest BCUT2D eigenvalue weighted by molar-refractivity contribution is 4.89. The summed E-state index contributed by atoms with van der Waals surface area (Å²) in [4.78, 5) is 0.